The van der Waals surface area contributed by atoms with Crippen molar-refractivity contribution in [2.24, 2.45) is 5.73 Å². The highest BCUT2D eigenvalue weighted by atomic mass is 19.1. The molecule has 1 saturated carbocycles. The number of rotatable bonds is 4. The Kier molecular flexibility index (Phi) is 4.99. The molecule has 5 rings (SSSR count). The monoisotopic (exact) mass is 418 g/mol. The minimum absolute atomic E-state index is 0.126. The van der Waals surface area contributed by atoms with E-state index in [1.165, 1.54) is 0 Å². The molecule has 0 aliphatic heterocycles. The maximum absolute atomic E-state index is 14.3. The zero-order valence-electron chi connectivity index (χ0n) is 16.9. The summed E-state index contributed by atoms with van der Waals surface area (Å²) in [5, 5.41) is 0.883. The zero-order chi connectivity index (χ0) is 21.4. The minimum atomic E-state index is -0.593. The number of nitrogen functional groups attached to an aromatic ring is 1. The highest BCUT2D eigenvalue weighted by molar-refractivity contribution is 5.97. The van der Waals surface area contributed by atoms with Crippen molar-refractivity contribution in [2.45, 2.75) is 37.8 Å². The molecule has 3 heterocycles. The SMILES string of the molecule is Nc1ccc(-c2c[nH]c3cc(-c4cncc(OC5CCC(N)CC5)n4)ccc23)c(F)n1. The second-order valence-corrected chi connectivity index (χ2v) is 7.93. The van der Waals surface area contributed by atoms with Gasteiger partial charge in [-0.3, -0.25) is 4.98 Å². The van der Waals surface area contributed by atoms with Crippen LogP contribution in [0.3, 0.4) is 0 Å². The first-order valence-electron chi connectivity index (χ1n) is 10.3. The number of anilines is 1. The predicted molar refractivity (Wildman–Crippen MR) is 118 cm³/mol. The Morgan fingerprint density at radius 2 is 1.84 bits per heavy atom. The fraction of sp³-hybridized carbons (Fsp3) is 0.261. The summed E-state index contributed by atoms with van der Waals surface area (Å²) in [6.45, 7) is 0. The van der Waals surface area contributed by atoms with Crippen molar-refractivity contribution >= 4 is 16.7 Å². The maximum atomic E-state index is 14.3. The molecule has 158 valence electrons. The van der Waals surface area contributed by atoms with E-state index in [4.69, 9.17) is 16.2 Å². The molecule has 1 aliphatic rings. The van der Waals surface area contributed by atoms with Crippen LogP contribution in [0.2, 0.25) is 0 Å². The zero-order valence-corrected chi connectivity index (χ0v) is 16.9. The lowest BCUT2D eigenvalue weighted by atomic mass is 9.94. The molecular weight excluding hydrogens is 395 g/mol. The normalized spacial score (nSPS) is 18.9. The molecule has 1 fully saturated rings. The molecule has 0 amide bonds. The van der Waals surface area contributed by atoms with E-state index in [2.05, 4.69) is 19.9 Å². The largest absolute Gasteiger partial charge is 0.473 e. The summed E-state index contributed by atoms with van der Waals surface area (Å²) in [6.07, 6.45) is 9.03. The summed E-state index contributed by atoms with van der Waals surface area (Å²) in [5.74, 6) is 0.0738. The van der Waals surface area contributed by atoms with Crippen molar-refractivity contribution in [1.29, 1.82) is 0 Å². The van der Waals surface area contributed by atoms with Gasteiger partial charge in [-0.15, -0.1) is 0 Å². The van der Waals surface area contributed by atoms with Crippen molar-refractivity contribution in [3.8, 4) is 28.3 Å². The van der Waals surface area contributed by atoms with Crippen molar-refractivity contribution < 1.29 is 9.13 Å². The molecule has 0 bridgehead atoms. The molecule has 1 aliphatic carbocycles. The van der Waals surface area contributed by atoms with Crippen molar-refractivity contribution in [1.82, 2.24) is 19.9 Å². The van der Waals surface area contributed by atoms with Crippen LogP contribution in [0.4, 0.5) is 10.2 Å². The van der Waals surface area contributed by atoms with Crippen molar-refractivity contribution in [3.63, 3.8) is 0 Å². The minimum Gasteiger partial charge on any atom is -0.473 e. The third kappa shape index (κ3) is 3.94. The first-order valence-corrected chi connectivity index (χ1v) is 10.3. The van der Waals surface area contributed by atoms with Crippen LogP contribution in [0.25, 0.3) is 33.3 Å². The number of nitrogens with zero attached hydrogens (tertiary/aromatic N) is 3. The number of benzene rings is 1. The van der Waals surface area contributed by atoms with E-state index in [9.17, 15) is 4.39 Å². The Morgan fingerprint density at radius 1 is 1.00 bits per heavy atom. The Hall–Kier alpha value is -3.52. The van der Waals surface area contributed by atoms with Crippen LogP contribution < -0.4 is 16.2 Å². The molecule has 0 radical (unpaired) electrons. The molecule has 7 nitrogen and oxygen atoms in total. The standard InChI is InChI=1S/C23H23FN6O/c24-23-17(7-8-21(26)30-23)18-10-28-19-9-13(1-6-16(18)19)20-11-27-12-22(29-20)31-15-4-2-14(25)3-5-15/h1,6-12,14-15,28H,2-5,25H2,(H2,26,30). The summed E-state index contributed by atoms with van der Waals surface area (Å²) in [6, 6.07) is 9.34. The van der Waals surface area contributed by atoms with Gasteiger partial charge >= 0.3 is 0 Å². The number of fused-ring (bicyclic) bond motifs is 1. The number of hydrogen-bond donors (Lipinski definition) is 3. The lowest BCUT2D eigenvalue weighted by molar-refractivity contribution is 0.141. The highest BCUT2D eigenvalue weighted by Gasteiger charge is 2.20. The van der Waals surface area contributed by atoms with Gasteiger partial charge in [0.1, 0.15) is 11.9 Å². The van der Waals surface area contributed by atoms with Gasteiger partial charge in [-0.2, -0.15) is 4.39 Å². The van der Waals surface area contributed by atoms with Crippen LogP contribution in [-0.2, 0) is 0 Å². The highest BCUT2D eigenvalue weighted by Crippen LogP contribution is 2.33. The molecule has 3 aromatic heterocycles. The molecule has 1 aromatic carbocycles. The van der Waals surface area contributed by atoms with E-state index in [1.807, 2.05) is 18.2 Å². The fourth-order valence-corrected chi connectivity index (χ4v) is 4.08. The van der Waals surface area contributed by atoms with Gasteiger partial charge in [0.25, 0.3) is 0 Å². The van der Waals surface area contributed by atoms with Gasteiger partial charge < -0.3 is 21.2 Å². The summed E-state index contributed by atoms with van der Waals surface area (Å²) in [4.78, 5) is 15.9. The van der Waals surface area contributed by atoms with E-state index < -0.39 is 5.95 Å². The Bertz CT molecular complexity index is 1230. The fourth-order valence-electron chi connectivity index (χ4n) is 4.08. The molecule has 0 saturated heterocycles. The van der Waals surface area contributed by atoms with E-state index in [1.54, 1.807) is 30.7 Å². The second-order valence-electron chi connectivity index (χ2n) is 7.93. The molecule has 4 aromatic rings. The number of aromatic amines is 1. The summed E-state index contributed by atoms with van der Waals surface area (Å²) in [5.41, 5.74) is 15.1. The first-order chi connectivity index (χ1) is 15.1. The van der Waals surface area contributed by atoms with Gasteiger partial charge in [0.05, 0.1) is 18.1 Å². The smallest absolute Gasteiger partial charge is 0.233 e. The average Bonchev–Trinajstić information content (AvgIpc) is 3.19. The number of ether oxygens (including phenoxy) is 1. The Balaban J connectivity index is 1.42. The van der Waals surface area contributed by atoms with Gasteiger partial charge in [0, 0.05) is 39.8 Å². The predicted octanol–water partition coefficient (Wildman–Crippen LogP) is 4.06. The number of hydrogen-bond acceptors (Lipinski definition) is 6. The van der Waals surface area contributed by atoms with Gasteiger partial charge in [-0.1, -0.05) is 12.1 Å². The maximum Gasteiger partial charge on any atom is 0.233 e. The lowest BCUT2D eigenvalue weighted by Gasteiger charge is -2.26. The van der Waals surface area contributed by atoms with E-state index in [-0.39, 0.29) is 18.0 Å². The first kappa shape index (κ1) is 19.4. The third-order valence-electron chi connectivity index (χ3n) is 5.76. The second kappa shape index (κ2) is 7.96. The number of nitrogens with two attached hydrogens (primary N) is 2. The topological polar surface area (TPSA) is 116 Å². The van der Waals surface area contributed by atoms with Crippen molar-refractivity contribution in [3.05, 3.63) is 54.9 Å². The molecular formula is C23H23FN6O. The van der Waals surface area contributed by atoms with Crippen LogP contribution in [0.5, 0.6) is 5.88 Å². The molecule has 31 heavy (non-hydrogen) atoms. The third-order valence-corrected chi connectivity index (χ3v) is 5.76. The van der Waals surface area contributed by atoms with Crippen LogP contribution in [0, 0.1) is 5.95 Å². The van der Waals surface area contributed by atoms with Crippen LogP contribution in [0.15, 0.2) is 48.9 Å². The molecule has 0 unspecified atom stereocenters. The van der Waals surface area contributed by atoms with Crippen molar-refractivity contribution in [2.75, 3.05) is 5.73 Å². The Labute approximate surface area is 178 Å². The van der Waals surface area contributed by atoms with Gasteiger partial charge in [-0.05, 0) is 43.9 Å². The number of halogens is 1. The molecule has 8 heteroatoms. The summed E-state index contributed by atoms with van der Waals surface area (Å²) < 4.78 is 20.3. The van der Waals surface area contributed by atoms with Crippen LogP contribution in [0.1, 0.15) is 25.7 Å². The average molecular weight is 418 g/mol. The van der Waals surface area contributed by atoms with Gasteiger partial charge in [0.2, 0.25) is 11.8 Å². The molecule has 0 atom stereocenters. The molecule has 5 N–H and O–H groups in total. The summed E-state index contributed by atoms with van der Waals surface area (Å²) >= 11 is 0. The molecule has 0 spiro atoms. The number of pyridine rings is 1. The van der Waals surface area contributed by atoms with Gasteiger partial charge in [0.15, 0.2) is 0 Å². The lowest BCUT2D eigenvalue weighted by Crippen LogP contribution is -2.31. The van der Waals surface area contributed by atoms with Crippen LogP contribution in [-0.4, -0.2) is 32.1 Å². The number of H-pyrrole nitrogens is 1. The van der Waals surface area contributed by atoms with Gasteiger partial charge in [-0.25, -0.2) is 9.97 Å². The van der Waals surface area contributed by atoms with E-state index in [0.717, 1.165) is 47.7 Å². The van der Waals surface area contributed by atoms with Crippen LogP contribution >= 0.6 is 0 Å². The number of aromatic nitrogens is 4. The van der Waals surface area contributed by atoms with E-state index >= 15 is 0 Å². The Morgan fingerprint density at radius 3 is 2.65 bits per heavy atom. The summed E-state index contributed by atoms with van der Waals surface area (Å²) in [7, 11) is 0. The van der Waals surface area contributed by atoms with E-state index in [0.29, 0.717) is 17.1 Å². The number of nitrogens with one attached hydrogen (secondary N) is 1. The quantitative estimate of drug-likeness (QED) is 0.431.